The Morgan fingerprint density at radius 2 is 1.74 bits per heavy atom. The maximum atomic E-state index is 10.8. The molecule has 0 radical (unpaired) electrons. The molecule has 0 aliphatic heterocycles. The Morgan fingerprint density at radius 1 is 1.21 bits per heavy atom. The predicted octanol–water partition coefficient (Wildman–Crippen LogP) is 0.762. The SMILES string of the molecule is CS(=O)(=O)c1cnc(N)s1.Nc1ncc([N+](=O)[O-])s1. The summed E-state index contributed by atoms with van der Waals surface area (Å²) in [6, 6.07) is 0. The lowest BCUT2D eigenvalue weighted by Crippen LogP contribution is -1.91. The summed E-state index contributed by atoms with van der Waals surface area (Å²) >= 11 is 1.84. The lowest BCUT2D eigenvalue weighted by atomic mass is 10.9. The summed E-state index contributed by atoms with van der Waals surface area (Å²) in [5.74, 6) is 0. The Balaban J connectivity index is 0.000000191. The number of nitrogens with two attached hydrogens (primary N) is 2. The molecule has 0 saturated carbocycles. The molecular formula is C7H9N5O4S3. The third-order valence-corrected chi connectivity index (χ3v) is 4.95. The molecule has 2 heterocycles. The van der Waals surface area contributed by atoms with Gasteiger partial charge in [0.15, 0.2) is 20.1 Å². The van der Waals surface area contributed by atoms with E-state index in [0.717, 1.165) is 35.1 Å². The van der Waals surface area contributed by atoms with Crippen LogP contribution in [0, 0.1) is 10.1 Å². The zero-order valence-corrected chi connectivity index (χ0v) is 12.0. The van der Waals surface area contributed by atoms with Crippen LogP contribution in [0.3, 0.4) is 0 Å². The molecule has 19 heavy (non-hydrogen) atoms. The molecule has 2 rings (SSSR count). The topological polar surface area (TPSA) is 155 Å². The highest BCUT2D eigenvalue weighted by Gasteiger charge is 2.09. The van der Waals surface area contributed by atoms with Crippen molar-refractivity contribution >= 4 is 47.8 Å². The highest BCUT2D eigenvalue weighted by molar-refractivity contribution is 7.92. The van der Waals surface area contributed by atoms with E-state index in [1.165, 1.54) is 6.20 Å². The van der Waals surface area contributed by atoms with Crippen LogP contribution in [0.15, 0.2) is 16.6 Å². The second-order valence-corrected chi connectivity index (χ2v) is 7.43. The van der Waals surface area contributed by atoms with E-state index in [2.05, 4.69) is 9.97 Å². The van der Waals surface area contributed by atoms with Gasteiger partial charge in [0.1, 0.15) is 10.4 Å². The Hall–Kier alpha value is -1.79. The average Bonchev–Trinajstić information content (AvgIpc) is 2.87. The number of rotatable bonds is 2. The Labute approximate surface area is 116 Å². The fraction of sp³-hybridized carbons (Fsp3) is 0.143. The largest absolute Gasteiger partial charge is 0.375 e. The minimum absolute atomic E-state index is 0.0208. The van der Waals surface area contributed by atoms with Crippen molar-refractivity contribution in [3.05, 3.63) is 22.5 Å². The van der Waals surface area contributed by atoms with Crippen LogP contribution in [0.2, 0.25) is 0 Å². The number of aromatic nitrogens is 2. The zero-order chi connectivity index (χ0) is 14.6. The van der Waals surface area contributed by atoms with Gasteiger partial charge in [0.2, 0.25) is 0 Å². The Morgan fingerprint density at radius 3 is 1.95 bits per heavy atom. The van der Waals surface area contributed by atoms with E-state index in [4.69, 9.17) is 11.5 Å². The molecule has 0 unspecified atom stereocenters. The van der Waals surface area contributed by atoms with Gasteiger partial charge in [-0.1, -0.05) is 11.3 Å². The standard InChI is InChI=1S/C4H6N2O2S2.C3H3N3O2S/c1-10(7,8)3-2-6-4(5)9-3;4-3-5-1-2(9-3)6(7)8/h2H,1H3,(H2,5,6);1H,(H2,4,5). The number of nitrogens with zero attached hydrogens (tertiary/aromatic N) is 3. The van der Waals surface area contributed by atoms with Crippen molar-refractivity contribution in [3.8, 4) is 0 Å². The summed E-state index contributed by atoms with van der Waals surface area (Å²) in [4.78, 5) is 16.5. The van der Waals surface area contributed by atoms with Gasteiger partial charge in [-0.05, 0) is 11.3 Å². The lowest BCUT2D eigenvalue weighted by molar-refractivity contribution is -0.380. The van der Waals surface area contributed by atoms with Gasteiger partial charge in [-0.15, -0.1) is 0 Å². The highest BCUT2D eigenvalue weighted by Crippen LogP contribution is 2.21. The third-order valence-electron chi connectivity index (χ3n) is 1.56. The van der Waals surface area contributed by atoms with Crippen molar-refractivity contribution in [1.82, 2.24) is 9.97 Å². The summed E-state index contributed by atoms with van der Waals surface area (Å²) < 4.78 is 21.7. The summed E-state index contributed by atoms with van der Waals surface area (Å²) in [5.41, 5.74) is 10.3. The van der Waals surface area contributed by atoms with Crippen LogP contribution in [0.4, 0.5) is 15.3 Å². The number of sulfone groups is 1. The van der Waals surface area contributed by atoms with E-state index in [0.29, 0.717) is 0 Å². The van der Waals surface area contributed by atoms with Crippen molar-refractivity contribution in [2.75, 3.05) is 17.7 Å². The van der Waals surface area contributed by atoms with Crippen LogP contribution >= 0.6 is 22.7 Å². The minimum Gasteiger partial charge on any atom is -0.375 e. The van der Waals surface area contributed by atoms with Gasteiger partial charge < -0.3 is 11.5 Å². The molecule has 0 saturated heterocycles. The maximum Gasteiger partial charge on any atom is 0.345 e. The first-order chi connectivity index (χ1) is 8.70. The van der Waals surface area contributed by atoms with Crippen molar-refractivity contribution in [2.45, 2.75) is 4.21 Å². The number of thiazole rings is 2. The van der Waals surface area contributed by atoms with Crippen LogP contribution < -0.4 is 11.5 Å². The summed E-state index contributed by atoms with van der Waals surface area (Å²) in [6.07, 6.45) is 3.52. The summed E-state index contributed by atoms with van der Waals surface area (Å²) in [6.45, 7) is 0. The predicted molar refractivity (Wildman–Crippen MR) is 72.8 cm³/mol. The molecule has 0 bridgehead atoms. The molecule has 104 valence electrons. The van der Waals surface area contributed by atoms with Crippen molar-refractivity contribution < 1.29 is 13.3 Å². The Kier molecular flexibility index (Phi) is 4.74. The first kappa shape index (κ1) is 15.3. The lowest BCUT2D eigenvalue weighted by Gasteiger charge is -1.85. The summed E-state index contributed by atoms with van der Waals surface area (Å²) in [5, 5.41) is 10.4. The fourth-order valence-electron chi connectivity index (χ4n) is 0.807. The molecule has 0 aromatic carbocycles. The first-order valence-electron chi connectivity index (χ1n) is 4.47. The van der Waals surface area contributed by atoms with Crippen molar-refractivity contribution in [1.29, 1.82) is 0 Å². The van der Waals surface area contributed by atoms with Crippen LogP contribution in [-0.4, -0.2) is 29.6 Å². The molecule has 0 spiro atoms. The quantitative estimate of drug-likeness (QED) is 0.606. The van der Waals surface area contributed by atoms with Crippen molar-refractivity contribution in [2.24, 2.45) is 0 Å². The van der Waals surface area contributed by atoms with Gasteiger partial charge in [0, 0.05) is 6.26 Å². The van der Waals surface area contributed by atoms with E-state index < -0.39 is 14.8 Å². The van der Waals surface area contributed by atoms with Gasteiger partial charge in [0.25, 0.3) is 0 Å². The minimum atomic E-state index is -3.11. The first-order valence-corrected chi connectivity index (χ1v) is 7.99. The van der Waals surface area contributed by atoms with E-state index in [1.807, 2.05) is 0 Å². The second kappa shape index (κ2) is 5.90. The molecule has 0 amide bonds. The van der Waals surface area contributed by atoms with Crippen LogP contribution in [0.5, 0.6) is 0 Å². The van der Waals surface area contributed by atoms with Gasteiger partial charge in [-0.25, -0.2) is 18.4 Å². The Bertz CT molecular complexity index is 676. The fourth-order valence-corrected chi connectivity index (χ4v) is 2.83. The third kappa shape index (κ3) is 4.76. The normalized spacial score (nSPS) is 10.6. The molecule has 4 N–H and O–H groups in total. The van der Waals surface area contributed by atoms with Crippen LogP contribution in [0.25, 0.3) is 0 Å². The number of anilines is 2. The molecule has 0 aliphatic carbocycles. The van der Waals surface area contributed by atoms with E-state index in [1.54, 1.807) is 0 Å². The van der Waals surface area contributed by atoms with Crippen LogP contribution in [-0.2, 0) is 9.84 Å². The molecule has 0 fully saturated rings. The maximum absolute atomic E-state index is 10.8. The molecule has 0 atom stereocenters. The molecule has 2 aromatic heterocycles. The number of hydrogen-bond acceptors (Lipinski definition) is 10. The highest BCUT2D eigenvalue weighted by atomic mass is 32.2. The monoisotopic (exact) mass is 323 g/mol. The van der Waals surface area contributed by atoms with E-state index >= 15 is 0 Å². The van der Waals surface area contributed by atoms with E-state index in [9.17, 15) is 18.5 Å². The number of nitrogen functional groups attached to an aromatic ring is 2. The van der Waals surface area contributed by atoms with Gasteiger partial charge in [-0.2, -0.15) is 0 Å². The van der Waals surface area contributed by atoms with E-state index in [-0.39, 0.29) is 19.5 Å². The molecular weight excluding hydrogens is 314 g/mol. The van der Waals surface area contributed by atoms with Gasteiger partial charge >= 0.3 is 5.00 Å². The number of hydrogen-bond donors (Lipinski definition) is 2. The summed E-state index contributed by atoms with van der Waals surface area (Å²) in [7, 11) is -3.11. The van der Waals surface area contributed by atoms with Gasteiger partial charge in [0.05, 0.1) is 11.1 Å². The van der Waals surface area contributed by atoms with Gasteiger partial charge in [-0.3, -0.25) is 10.1 Å². The number of nitro groups is 1. The van der Waals surface area contributed by atoms with Crippen molar-refractivity contribution in [3.63, 3.8) is 0 Å². The average molecular weight is 323 g/mol. The molecule has 2 aromatic rings. The molecule has 0 aliphatic rings. The second-order valence-electron chi connectivity index (χ2n) is 3.08. The van der Waals surface area contributed by atoms with Crippen LogP contribution in [0.1, 0.15) is 0 Å². The zero-order valence-electron chi connectivity index (χ0n) is 9.51. The molecule has 9 nitrogen and oxygen atoms in total. The molecule has 12 heteroatoms. The smallest absolute Gasteiger partial charge is 0.345 e.